The number of benzene rings is 3. The summed E-state index contributed by atoms with van der Waals surface area (Å²) in [6.45, 7) is -0.396. The normalized spacial score (nSPS) is 10.5. The Bertz CT molecular complexity index is 1320. The summed E-state index contributed by atoms with van der Waals surface area (Å²) in [6.07, 6.45) is 1.25. The van der Waals surface area contributed by atoms with E-state index in [1.165, 1.54) is 61.9 Å². The third-order valence-electron chi connectivity index (χ3n) is 4.45. The van der Waals surface area contributed by atoms with Crippen molar-refractivity contribution < 1.29 is 27.8 Å². The molecule has 11 heteroatoms. The molecule has 0 saturated heterocycles. The molecule has 8 nitrogen and oxygen atoms in total. The summed E-state index contributed by atoms with van der Waals surface area (Å²) in [7, 11) is 1.37. The second-order valence-electron chi connectivity index (χ2n) is 6.88. The lowest BCUT2D eigenvalue weighted by Gasteiger charge is -2.13. The van der Waals surface area contributed by atoms with Crippen LogP contribution in [0, 0.1) is 23.0 Å². The smallest absolute Gasteiger partial charge is 0.274 e. The number of hydrogen-bond donors (Lipinski definition) is 2. The molecule has 0 aliphatic rings. The first-order valence-electron chi connectivity index (χ1n) is 9.89. The molecule has 2 N–H and O–H groups in total. The molecule has 0 aromatic heterocycles. The highest BCUT2D eigenvalue weighted by Crippen LogP contribution is 2.36. The molecule has 0 aliphatic carbocycles. The van der Waals surface area contributed by atoms with E-state index in [4.69, 9.17) is 26.3 Å². The van der Waals surface area contributed by atoms with Crippen molar-refractivity contribution >= 4 is 35.3 Å². The van der Waals surface area contributed by atoms with E-state index in [0.29, 0.717) is 11.3 Å². The minimum atomic E-state index is -0.855. The zero-order valence-electron chi connectivity index (χ0n) is 18.1. The number of halogens is 3. The summed E-state index contributed by atoms with van der Waals surface area (Å²) in [5, 5.41) is 15.2. The van der Waals surface area contributed by atoms with E-state index in [1.807, 2.05) is 0 Å². The molecule has 2 amide bonds. The van der Waals surface area contributed by atoms with Gasteiger partial charge in [-0.15, -0.1) is 0 Å². The van der Waals surface area contributed by atoms with Gasteiger partial charge in [-0.1, -0.05) is 11.6 Å². The van der Waals surface area contributed by atoms with Gasteiger partial charge in [0.2, 0.25) is 0 Å². The zero-order valence-corrected chi connectivity index (χ0v) is 18.9. The molecular weight excluding hydrogens is 482 g/mol. The van der Waals surface area contributed by atoms with Gasteiger partial charge in [0.15, 0.2) is 18.1 Å². The third-order valence-corrected chi connectivity index (χ3v) is 4.73. The molecule has 0 spiro atoms. The maximum Gasteiger partial charge on any atom is 0.274 e. The Morgan fingerprint density at radius 1 is 1.14 bits per heavy atom. The van der Waals surface area contributed by atoms with Crippen LogP contribution in [0.15, 0.2) is 59.7 Å². The van der Waals surface area contributed by atoms with Crippen LogP contribution in [0.4, 0.5) is 14.5 Å². The molecule has 0 radical (unpaired) electrons. The van der Waals surface area contributed by atoms with Crippen molar-refractivity contribution in [2.45, 2.75) is 0 Å². The largest absolute Gasteiger partial charge is 0.493 e. The summed E-state index contributed by atoms with van der Waals surface area (Å²) in [6, 6.07) is 13.4. The Balaban J connectivity index is 1.64. The van der Waals surface area contributed by atoms with E-state index in [1.54, 1.807) is 6.07 Å². The number of hydrogen-bond acceptors (Lipinski definition) is 6. The first-order chi connectivity index (χ1) is 16.8. The van der Waals surface area contributed by atoms with E-state index in [-0.39, 0.29) is 27.6 Å². The van der Waals surface area contributed by atoms with Gasteiger partial charge in [-0.3, -0.25) is 9.59 Å². The number of carbonyl (C=O) groups is 2. The Labute approximate surface area is 203 Å². The molecule has 0 saturated carbocycles. The fourth-order valence-electron chi connectivity index (χ4n) is 2.82. The molecule has 35 heavy (non-hydrogen) atoms. The number of nitrogens with one attached hydrogen (secondary N) is 2. The Hall–Kier alpha value is -4.49. The first kappa shape index (κ1) is 25.1. The number of rotatable bonds is 8. The average molecular weight is 499 g/mol. The quantitative estimate of drug-likeness (QED) is 0.355. The average Bonchev–Trinajstić information content (AvgIpc) is 2.84. The summed E-state index contributed by atoms with van der Waals surface area (Å²) >= 11 is 6.26. The van der Waals surface area contributed by atoms with Crippen molar-refractivity contribution in [2.75, 3.05) is 19.0 Å². The van der Waals surface area contributed by atoms with Gasteiger partial charge in [0.05, 0.1) is 35.5 Å². The molecule has 0 unspecified atom stereocenters. The molecule has 3 aromatic carbocycles. The van der Waals surface area contributed by atoms with Gasteiger partial charge in [-0.05, 0) is 60.2 Å². The molecular formula is C24H17ClF2N4O4. The van der Waals surface area contributed by atoms with E-state index in [2.05, 4.69) is 15.8 Å². The van der Waals surface area contributed by atoms with Crippen molar-refractivity contribution in [3.8, 4) is 17.6 Å². The van der Waals surface area contributed by atoms with Gasteiger partial charge in [-0.25, -0.2) is 14.2 Å². The fourth-order valence-corrected chi connectivity index (χ4v) is 3.09. The molecule has 3 aromatic rings. The number of ether oxygens (including phenoxy) is 2. The zero-order chi connectivity index (χ0) is 25.4. The van der Waals surface area contributed by atoms with Crippen LogP contribution >= 0.6 is 11.6 Å². The SMILES string of the molecule is COc1cc(/C=N\NC(=O)c2ccc(C#N)cc2F)cc(Cl)c1OCC(=O)Nc1ccc(F)cc1. The molecule has 178 valence electrons. The monoisotopic (exact) mass is 498 g/mol. The molecule has 0 bridgehead atoms. The minimum absolute atomic E-state index is 0.0829. The number of anilines is 1. The van der Waals surface area contributed by atoms with Crippen LogP contribution in [0.3, 0.4) is 0 Å². The van der Waals surface area contributed by atoms with Crippen LogP contribution in [-0.4, -0.2) is 31.7 Å². The summed E-state index contributed by atoms with van der Waals surface area (Å²) in [5.74, 6) is -2.30. The highest BCUT2D eigenvalue weighted by atomic mass is 35.5. The lowest BCUT2D eigenvalue weighted by molar-refractivity contribution is -0.118. The predicted octanol–water partition coefficient (Wildman–Crippen LogP) is 4.28. The number of methoxy groups -OCH3 is 1. The van der Waals surface area contributed by atoms with Gasteiger partial charge in [0, 0.05) is 5.69 Å². The number of nitriles is 1. The van der Waals surface area contributed by atoms with Crippen LogP contribution in [0.25, 0.3) is 0 Å². The van der Waals surface area contributed by atoms with Crippen LogP contribution < -0.4 is 20.2 Å². The third kappa shape index (κ3) is 6.75. The predicted molar refractivity (Wildman–Crippen MR) is 125 cm³/mol. The van der Waals surface area contributed by atoms with Crippen LogP contribution in [0.1, 0.15) is 21.5 Å². The van der Waals surface area contributed by atoms with Crippen molar-refractivity contribution in [1.82, 2.24) is 5.43 Å². The van der Waals surface area contributed by atoms with Gasteiger partial charge in [0.1, 0.15) is 11.6 Å². The van der Waals surface area contributed by atoms with Crippen LogP contribution in [0.5, 0.6) is 11.5 Å². The van der Waals surface area contributed by atoms with E-state index >= 15 is 0 Å². The molecule has 0 aliphatic heterocycles. The summed E-state index contributed by atoms with van der Waals surface area (Å²) in [5.41, 5.74) is 2.79. The summed E-state index contributed by atoms with van der Waals surface area (Å²) < 4.78 is 37.7. The Kier molecular flexibility index (Phi) is 8.32. The van der Waals surface area contributed by atoms with Crippen molar-refractivity contribution in [3.63, 3.8) is 0 Å². The lowest BCUT2D eigenvalue weighted by Crippen LogP contribution is -2.20. The highest BCUT2D eigenvalue weighted by Gasteiger charge is 2.15. The van der Waals surface area contributed by atoms with Gasteiger partial charge in [0.25, 0.3) is 11.8 Å². The number of carbonyl (C=O) groups excluding carboxylic acids is 2. The Morgan fingerprint density at radius 2 is 1.89 bits per heavy atom. The van der Waals surface area contributed by atoms with Gasteiger partial charge < -0.3 is 14.8 Å². The van der Waals surface area contributed by atoms with Crippen LogP contribution in [-0.2, 0) is 4.79 Å². The molecule has 0 heterocycles. The van der Waals surface area contributed by atoms with Gasteiger partial charge in [-0.2, -0.15) is 10.4 Å². The van der Waals surface area contributed by atoms with E-state index in [0.717, 1.165) is 6.07 Å². The van der Waals surface area contributed by atoms with E-state index in [9.17, 15) is 18.4 Å². The standard InChI is InChI=1S/C24H17ClF2N4O4/c1-34-21-10-15(12-29-31-24(33)18-7-2-14(11-28)9-20(18)27)8-19(25)23(21)35-13-22(32)30-17-5-3-16(26)4-6-17/h2-10,12H,13H2,1H3,(H,30,32)(H,31,33)/b29-12-. The fraction of sp³-hybridized carbons (Fsp3) is 0.0833. The van der Waals surface area contributed by atoms with Crippen molar-refractivity contribution in [3.05, 3.63) is 87.9 Å². The number of hydrazone groups is 1. The van der Waals surface area contributed by atoms with Gasteiger partial charge >= 0.3 is 0 Å². The Morgan fingerprint density at radius 3 is 2.54 bits per heavy atom. The molecule has 0 atom stereocenters. The van der Waals surface area contributed by atoms with E-state index < -0.39 is 30.1 Å². The maximum atomic E-state index is 13.9. The second kappa shape index (κ2) is 11.6. The summed E-state index contributed by atoms with van der Waals surface area (Å²) in [4.78, 5) is 24.2. The number of nitrogens with zero attached hydrogens (tertiary/aromatic N) is 2. The van der Waals surface area contributed by atoms with Crippen molar-refractivity contribution in [1.29, 1.82) is 5.26 Å². The second-order valence-corrected chi connectivity index (χ2v) is 7.29. The molecule has 3 rings (SSSR count). The lowest BCUT2D eigenvalue weighted by atomic mass is 10.1. The topological polar surface area (TPSA) is 113 Å². The highest BCUT2D eigenvalue weighted by molar-refractivity contribution is 6.32. The van der Waals surface area contributed by atoms with Crippen molar-refractivity contribution in [2.24, 2.45) is 5.10 Å². The minimum Gasteiger partial charge on any atom is -0.493 e. The molecule has 0 fully saturated rings. The maximum absolute atomic E-state index is 13.9. The van der Waals surface area contributed by atoms with Crippen LogP contribution in [0.2, 0.25) is 5.02 Å². The first-order valence-corrected chi connectivity index (χ1v) is 10.3. The number of amides is 2.